The van der Waals surface area contributed by atoms with Gasteiger partial charge < -0.3 is 4.74 Å². The molecule has 27 heavy (non-hydrogen) atoms. The molecular formula is C19H15N5O2S. The van der Waals surface area contributed by atoms with Gasteiger partial charge in [0.15, 0.2) is 10.3 Å². The average Bonchev–Trinajstić information content (AvgIpc) is 2.68. The Bertz CT molecular complexity index is 1190. The number of methoxy groups -OCH3 is 1. The van der Waals surface area contributed by atoms with Gasteiger partial charge in [0, 0.05) is 18.5 Å². The zero-order valence-corrected chi connectivity index (χ0v) is 15.5. The lowest BCUT2D eigenvalue weighted by atomic mass is 10.2. The summed E-state index contributed by atoms with van der Waals surface area (Å²) >= 11 is 1.18. The number of ether oxygens (including phenoxy) is 1. The topological polar surface area (TPSA) is 82.8 Å². The van der Waals surface area contributed by atoms with Gasteiger partial charge in [0.25, 0.3) is 5.56 Å². The Balaban J connectivity index is 1.94. The van der Waals surface area contributed by atoms with E-state index in [1.807, 2.05) is 31.2 Å². The Kier molecular flexibility index (Phi) is 4.55. The summed E-state index contributed by atoms with van der Waals surface area (Å²) in [6.07, 6.45) is 3.27. The van der Waals surface area contributed by atoms with Crippen molar-refractivity contribution in [3.8, 4) is 11.7 Å². The first-order valence-electron chi connectivity index (χ1n) is 8.15. The van der Waals surface area contributed by atoms with Gasteiger partial charge in [0.05, 0.1) is 18.0 Å². The van der Waals surface area contributed by atoms with Gasteiger partial charge in [0.1, 0.15) is 5.82 Å². The van der Waals surface area contributed by atoms with Gasteiger partial charge in [0.2, 0.25) is 5.88 Å². The first-order valence-corrected chi connectivity index (χ1v) is 8.97. The summed E-state index contributed by atoms with van der Waals surface area (Å²) in [6, 6.07) is 12.6. The zero-order chi connectivity index (χ0) is 18.8. The first-order chi connectivity index (χ1) is 13.2. The van der Waals surface area contributed by atoms with E-state index < -0.39 is 0 Å². The fraction of sp³-hybridized carbons (Fsp3) is 0.105. The SMILES string of the molecule is COc1ccnc(Sc2nc3ccccc3c(=O)n2-c2cc(C)ccn2)n1. The first kappa shape index (κ1) is 17.2. The molecule has 0 amide bonds. The second-order valence-electron chi connectivity index (χ2n) is 5.73. The third kappa shape index (κ3) is 3.39. The van der Waals surface area contributed by atoms with Gasteiger partial charge in [-0.3, -0.25) is 4.79 Å². The number of aryl methyl sites for hydroxylation is 1. The van der Waals surface area contributed by atoms with Gasteiger partial charge in [-0.25, -0.2) is 19.5 Å². The Morgan fingerprint density at radius 1 is 1.04 bits per heavy atom. The Morgan fingerprint density at radius 2 is 1.85 bits per heavy atom. The molecule has 0 bridgehead atoms. The second-order valence-corrected chi connectivity index (χ2v) is 6.66. The van der Waals surface area contributed by atoms with Crippen molar-refractivity contribution < 1.29 is 4.74 Å². The van der Waals surface area contributed by atoms with Crippen LogP contribution in [0.25, 0.3) is 16.7 Å². The molecule has 1 aromatic carbocycles. The lowest BCUT2D eigenvalue weighted by molar-refractivity contribution is 0.392. The third-order valence-electron chi connectivity index (χ3n) is 3.87. The van der Waals surface area contributed by atoms with Crippen LogP contribution in [0.15, 0.2) is 70.0 Å². The Labute approximate surface area is 159 Å². The van der Waals surface area contributed by atoms with E-state index in [0.29, 0.717) is 32.9 Å². The van der Waals surface area contributed by atoms with Crippen molar-refractivity contribution in [2.24, 2.45) is 0 Å². The summed E-state index contributed by atoms with van der Waals surface area (Å²) in [6.45, 7) is 1.95. The smallest absolute Gasteiger partial charge is 0.267 e. The molecule has 4 aromatic rings. The van der Waals surface area contributed by atoms with Crippen LogP contribution >= 0.6 is 11.8 Å². The molecule has 0 saturated heterocycles. The number of hydrogen-bond acceptors (Lipinski definition) is 7. The van der Waals surface area contributed by atoms with E-state index in [2.05, 4.69) is 19.9 Å². The number of rotatable bonds is 4. The molecule has 0 unspecified atom stereocenters. The highest BCUT2D eigenvalue weighted by atomic mass is 32.2. The van der Waals surface area contributed by atoms with Crippen LogP contribution in [0.1, 0.15) is 5.56 Å². The standard InChI is InChI=1S/C19H15N5O2S/c1-12-7-9-20-15(11-12)24-17(25)13-5-3-4-6-14(13)22-19(24)27-18-21-10-8-16(23-18)26-2/h3-11H,1-2H3. The van der Waals surface area contributed by atoms with E-state index in [-0.39, 0.29) is 5.56 Å². The number of fused-ring (bicyclic) bond motifs is 1. The van der Waals surface area contributed by atoms with Crippen LogP contribution in [0.2, 0.25) is 0 Å². The minimum atomic E-state index is -0.191. The van der Waals surface area contributed by atoms with Gasteiger partial charge in [-0.05, 0) is 48.5 Å². The number of para-hydroxylation sites is 1. The minimum Gasteiger partial charge on any atom is -0.481 e. The highest BCUT2D eigenvalue weighted by molar-refractivity contribution is 7.99. The van der Waals surface area contributed by atoms with Gasteiger partial charge in [-0.1, -0.05) is 12.1 Å². The molecule has 3 heterocycles. The zero-order valence-electron chi connectivity index (χ0n) is 14.7. The van der Waals surface area contributed by atoms with Gasteiger partial charge in [-0.15, -0.1) is 0 Å². The van der Waals surface area contributed by atoms with E-state index in [1.54, 1.807) is 30.6 Å². The molecule has 0 aliphatic rings. The van der Waals surface area contributed by atoms with Crippen molar-refractivity contribution in [2.75, 3.05) is 7.11 Å². The van der Waals surface area contributed by atoms with Crippen molar-refractivity contribution in [3.63, 3.8) is 0 Å². The van der Waals surface area contributed by atoms with Crippen molar-refractivity contribution in [2.45, 2.75) is 17.2 Å². The number of aromatic nitrogens is 5. The van der Waals surface area contributed by atoms with Crippen molar-refractivity contribution in [3.05, 3.63) is 70.8 Å². The van der Waals surface area contributed by atoms with Crippen LogP contribution in [0.5, 0.6) is 5.88 Å². The van der Waals surface area contributed by atoms with Crippen LogP contribution in [0, 0.1) is 6.92 Å². The summed E-state index contributed by atoms with van der Waals surface area (Å²) in [5, 5.41) is 1.39. The molecule has 0 atom stereocenters. The summed E-state index contributed by atoms with van der Waals surface area (Å²) in [7, 11) is 1.54. The summed E-state index contributed by atoms with van der Waals surface area (Å²) in [4.78, 5) is 30.7. The van der Waals surface area contributed by atoms with E-state index in [0.717, 1.165) is 5.56 Å². The van der Waals surface area contributed by atoms with Crippen LogP contribution < -0.4 is 10.3 Å². The van der Waals surface area contributed by atoms with Gasteiger partial charge >= 0.3 is 0 Å². The minimum absolute atomic E-state index is 0.191. The molecule has 0 aliphatic heterocycles. The van der Waals surface area contributed by atoms with Crippen molar-refractivity contribution in [1.82, 2.24) is 24.5 Å². The molecule has 7 nitrogen and oxygen atoms in total. The Morgan fingerprint density at radius 3 is 2.67 bits per heavy atom. The summed E-state index contributed by atoms with van der Waals surface area (Å²) in [5.41, 5.74) is 1.41. The lowest BCUT2D eigenvalue weighted by Crippen LogP contribution is -2.22. The fourth-order valence-corrected chi connectivity index (χ4v) is 3.42. The molecule has 0 fully saturated rings. The molecule has 3 aromatic heterocycles. The van der Waals surface area contributed by atoms with E-state index in [9.17, 15) is 4.79 Å². The highest BCUT2D eigenvalue weighted by Crippen LogP contribution is 2.26. The van der Waals surface area contributed by atoms with Crippen LogP contribution in [-0.4, -0.2) is 31.6 Å². The predicted octanol–water partition coefficient (Wildman–Crippen LogP) is 3.04. The number of hydrogen-bond donors (Lipinski definition) is 0. The van der Waals surface area contributed by atoms with Gasteiger partial charge in [-0.2, -0.15) is 4.98 Å². The highest BCUT2D eigenvalue weighted by Gasteiger charge is 2.16. The molecule has 0 N–H and O–H groups in total. The molecule has 0 spiro atoms. The predicted molar refractivity (Wildman–Crippen MR) is 103 cm³/mol. The molecule has 8 heteroatoms. The van der Waals surface area contributed by atoms with Crippen molar-refractivity contribution >= 4 is 22.7 Å². The monoisotopic (exact) mass is 377 g/mol. The van der Waals surface area contributed by atoms with Crippen LogP contribution in [0.3, 0.4) is 0 Å². The largest absolute Gasteiger partial charge is 0.481 e. The molecule has 0 aliphatic carbocycles. The van der Waals surface area contributed by atoms with Crippen LogP contribution in [-0.2, 0) is 0 Å². The van der Waals surface area contributed by atoms with Crippen LogP contribution in [0.4, 0.5) is 0 Å². The van der Waals surface area contributed by atoms with Crippen molar-refractivity contribution in [1.29, 1.82) is 0 Å². The maximum absolute atomic E-state index is 13.2. The maximum atomic E-state index is 13.2. The maximum Gasteiger partial charge on any atom is 0.267 e. The van der Waals surface area contributed by atoms with E-state index in [4.69, 9.17) is 4.74 Å². The Hall–Kier alpha value is -3.26. The number of pyridine rings is 1. The third-order valence-corrected chi connectivity index (χ3v) is 4.71. The van der Waals surface area contributed by atoms with E-state index >= 15 is 0 Å². The lowest BCUT2D eigenvalue weighted by Gasteiger charge is -2.12. The molecule has 0 radical (unpaired) electrons. The fourth-order valence-electron chi connectivity index (χ4n) is 2.60. The number of nitrogens with zero attached hydrogens (tertiary/aromatic N) is 5. The van der Waals surface area contributed by atoms with E-state index in [1.165, 1.54) is 23.4 Å². The summed E-state index contributed by atoms with van der Waals surface area (Å²) in [5.74, 6) is 0.944. The molecule has 4 rings (SSSR count). The average molecular weight is 377 g/mol. The molecule has 0 saturated carbocycles. The normalized spacial score (nSPS) is 10.9. The summed E-state index contributed by atoms with van der Waals surface area (Å²) < 4.78 is 6.64. The quantitative estimate of drug-likeness (QED) is 0.506. The number of benzene rings is 1. The molecule has 134 valence electrons. The second kappa shape index (κ2) is 7.16. The molecular weight excluding hydrogens is 362 g/mol.